The summed E-state index contributed by atoms with van der Waals surface area (Å²) < 4.78 is 32.6. The Morgan fingerprint density at radius 2 is 2.04 bits per heavy atom. The van der Waals surface area contributed by atoms with Crippen LogP contribution in [0.4, 0.5) is 5.95 Å². The summed E-state index contributed by atoms with van der Waals surface area (Å²) >= 11 is 0. The molecule has 0 saturated heterocycles. The molecule has 0 atom stereocenters. The van der Waals surface area contributed by atoms with E-state index in [9.17, 15) is 13.2 Å². The number of aryl methyl sites for hydroxylation is 2. The van der Waals surface area contributed by atoms with E-state index >= 15 is 0 Å². The fourth-order valence-corrected chi connectivity index (χ4v) is 2.95. The van der Waals surface area contributed by atoms with Crippen LogP contribution in [0.15, 0.2) is 23.3 Å². The molecule has 2 aromatic heterocycles. The number of unbranched alkanes of at least 4 members (excludes halogenated alkanes) is 1. The maximum Gasteiger partial charge on any atom is 0.292 e. The lowest BCUT2D eigenvalue weighted by molar-refractivity contribution is 0.405. The first-order valence-corrected chi connectivity index (χ1v) is 10.1. The molecule has 0 spiro atoms. The zero-order chi connectivity index (χ0) is 19.3. The van der Waals surface area contributed by atoms with E-state index in [1.54, 1.807) is 25.5 Å². The maximum absolute atomic E-state index is 12.0. The number of pyridine rings is 1. The van der Waals surface area contributed by atoms with Gasteiger partial charge in [-0.05, 0) is 31.4 Å². The molecule has 0 unspecified atom stereocenters. The zero-order valence-electron chi connectivity index (χ0n) is 15.4. The van der Waals surface area contributed by atoms with Crippen LogP contribution in [0.2, 0.25) is 0 Å². The van der Waals surface area contributed by atoms with Gasteiger partial charge in [-0.1, -0.05) is 13.3 Å². The lowest BCUT2D eigenvalue weighted by Gasteiger charge is -2.13. The minimum absolute atomic E-state index is 0.00918. The van der Waals surface area contributed by atoms with Crippen molar-refractivity contribution in [3.05, 3.63) is 34.4 Å². The van der Waals surface area contributed by atoms with Gasteiger partial charge < -0.3 is 9.30 Å². The van der Waals surface area contributed by atoms with Crippen molar-refractivity contribution < 1.29 is 13.2 Å². The SMILES string of the molecule is CCCCc1cnc(NS(=O)(=O)CC)nc1-c1cc(OC)c(=O)n(C)c1. The van der Waals surface area contributed by atoms with Gasteiger partial charge in [0.15, 0.2) is 5.75 Å². The Labute approximate surface area is 153 Å². The predicted octanol–water partition coefficient (Wildman–Crippen LogP) is 1.96. The van der Waals surface area contributed by atoms with Crippen LogP contribution in [0.1, 0.15) is 32.3 Å². The second kappa shape index (κ2) is 8.31. The van der Waals surface area contributed by atoms with E-state index in [-0.39, 0.29) is 23.0 Å². The normalized spacial score (nSPS) is 11.4. The highest BCUT2D eigenvalue weighted by Crippen LogP contribution is 2.25. The van der Waals surface area contributed by atoms with Crippen LogP contribution in [0.25, 0.3) is 11.3 Å². The summed E-state index contributed by atoms with van der Waals surface area (Å²) in [7, 11) is -0.427. The van der Waals surface area contributed by atoms with Crippen LogP contribution in [0.5, 0.6) is 5.75 Å². The van der Waals surface area contributed by atoms with E-state index in [0.717, 1.165) is 24.8 Å². The van der Waals surface area contributed by atoms with E-state index in [4.69, 9.17) is 4.74 Å². The predicted molar refractivity (Wildman–Crippen MR) is 101 cm³/mol. The van der Waals surface area contributed by atoms with E-state index in [2.05, 4.69) is 21.6 Å². The lowest BCUT2D eigenvalue weighted by Crippen LogP contribution is -2.19. The van der Waals surface area contributed by atoms with Crippen LogP contribution in [-0.4, -0.2) is 35.8 Å². The molecule has 0 saturated carbocycles. The molecular weight excluding hydrogens is 356 g/mol. The molecule has 0 aliphatic carbocycles. The molecule has 8 nitrogen and oxygen atoms in total. The summed E-state index contributed by atoms with van der Waals surface area (Å²) in [6, 6.07) is 1.61. The average Bonchev–Trinajstić information content (AvgIpc) is 2.62. The van der Waals surface area contributed by atoms with Crippen LogP contribution < -0.4 is 15.0 Å². The van der Waals surface area contributed by atoms with Gasteiger partial charge in [-0.3, -0.25) is 9.52 Å². The number of nitrogens with zero attached hydrogens (tertiary/aromatic N) is 3. The third-order valence-electron chi connectivity index (χ3n) is 3.93. The Morgan fingerprint density at radius 3 is 2.65 bits per heavy atom. The van der Waals surface area contributed by atoms with Crippen LogP contribution in [-0.2, 0) is 23.5 Å². The number of anilines is 1. The number of rotatable bonds is 8. The van der Waals surface area contributed by atoms with Crippen LogP contribution in [0.3, 0.4) is 0 Å². The number of aromatic nitrogens is 3. The molecule has 9 heteroatoms. The minimum Gasteiger partial charge on any atom is -0.491 e. The van der Waals surface area contributed by atoms with Crippen molar-refractivity contribution in [1.82, 2.24) is 14.5 Å². The lowest BCUT2D eigenvalue weighted by atomic mass is 10.0. The minimum atomic E-state index is -3.48. The first kappa shape index (κ1) is 19.9. The summed E-state index contributed by atoms with van der Waals surface area (Å²) in [6.45, 7) is 3.62. The maximum atomic E-state index is 12.0. The van der Waals surface area contributed by atoms with Crippen molar-refractivity contribution in [2.24, 2.45) is 7.05 Å². The number of hydrogen-bond donors (Lipinski definition) is 1. The first-order chi connectivity index (χ1) is 12.3. The van der Waals surface area contributed by atoms with Crippen molar-refractivity contribution in [3.63, 3.8) is 0 Å². The van der Waals surface area contributed by atoms with E-state index in [1.165, 1.54) is 18.6 Å². The van der Waals surface area contributed by atoms with Crippen molar-refractivity contribution >= 4 is 16.0 Å². The molecule has 1 N–H and O–H groups in total. The fraction of sp³-hybridized carbons (Fsp3) is 0.471. The van der Waals surface area contributed by atoms with Gasteiger partial charge in [-0.2, -0.15) is 0 Å². The van der Waals surface area contributed by atoms with Crippen molar-refractivity contribution in [2.45, 2.75) is 33.1 Å². The van der Waals surface area contributed by atoms with Gasteiger partial charge in [0, 0.05) is 25.0 Å². The van der Waals surface area contributed by atoms with Gasteiger partial charge in [-0.25, -0.2) is 18.4 Å². The van der Waals surface area contributed by atoms with Gasteiger partial charge in [-0.15, -0.1) is 0 Å². The Bertz CT molecular complexity index is 938. The van der Waals surface area contributed by atoms with Crippen molar-refractivity contribution in [1.29, 1.82) is 0 Å². The third-order valence-corrected chi connectivity index (χ3v) is 5.19. The number of sulfonamides is 1. The highest BCUT2D eigenvalue weighted by molar-refractivity contribution is 7.92. The monoisotopic (exact) mass is 380 g/mol. The van der Waals surface area contributed by atoms with Gasteiger partial charge in [0.2, 0.25) is 16.0 Å². The highest BCUT2D eigenvalue weighted by atomic mass is 32.2. The average molecular weight is 380 g/mol. The van der Waals surface area contributed by atoms with Gasteiger partial charge in [0.1, 0.15) is 0 Å². The molecule has 0 amide bonds. The number of methoxy groups -OCH3 is 1. The Balaban J connectivity index is 2.59. The largest absolute Gasteiger partial charge is 0.491 e. The molecule has 2 rings (SSSR count). The molecular formula is C17H24N4O4S. The Hall–Kier alpha value is -2.42. The summed E-state index contributed by atoms with van der Waals surface area (Å²) in [5.74, 6) is 0.132. The number of ether oxygens (including phenoxy) is 1. The van der Waals surface area contributed by atoms with Gasteiger partial charge in [0.05, 0.1) is 18.6 Å². The van der Waals surface area contributed by atoms with Gasteiger partial charge >= 0.3 is 0 Å². The van der Waals surface area contributed by atoms with Crippen molar-refractivity contribution in [3.8, 4) is 17.0 Å². The highest BCUT2D eigenvalue weighted by Gasteiger charge is 2.15. The zero-order valence-corrected chi connectivity index (χ0v) is 16.3. The fourth-order valence-electron chi connectivity index (χ4n) is 2.42. The first-order valence-electron chi connectivity index (χ1n) is 8.42. The third kappa shape index (κ3) is 4.60. The molecule has 0 radical (unpaired) electrons. The van der Waals surface area contributed by atoms with E-state index in [1.807, 2.05) is 0 Å². The van der Waals surface area contributed by atoms with E-state index < -0.39 is 10.0 Å². The summed E-state index contributed by atoms with van der Waals surface area (Å²) in [5.41, 5.74) is 1.87. The molecule has 0 aliphatic heterocycles. The molecule has 2 aromatic rings. The molecule has 2 heterocycles. The molecule has 0 fully saturated rings. The molecule has 26 heavy (non-hydrogen) atoms. The number of hydrogen-bond acceptors (Lipinski definition) is 6. The van der Waals surface area contributed by atoms with Gasteiger partial charge in [0.25, 0.3) is 5.56 Å². The standard InChI is InChI=1S/C17H24N4O4S/c1-5-7-8-12-10-18-17(20-26(23,24)6-2)19-15(12)13-9-14(25-4)16(22)21(3)11-13/h9-11H,5-8H2,1-4H3,(H,18,19,20). The quantitative estimate of drug-likeness (QED) is 0.751. The summed E-state index contributed by atoms with van der Waals surface area (Å²) in [5, 5.41) is 0. The topological polar surface area (TPSA) is 103 Å². The van der Waals surface area contributed by atoms with Crippen LogP contribution >= 0.6 is 0 Å². The van der Waals surface area contributed by atoms with Crippen molar-refractivity contribution in [2.75, 3.05) is 17.6 Å². The molecule has 0 bridgehead atoms. The summed E-state index contributed by atoms with van der Waals surface area (Å²) in [4.78, 5) is 20.6. The Kier molecular flexibility index (Phi) is 6.36. The number of nitrogens with one attached hydrogen (secondary N) is 1. The van der Waals surface area contributed by atoms with Crippen LogP contribution in [0, 0.1) is 0 Å². The Morgan fingerprint density at radius 1 is 1.31 bits per heavy atom. The molecule has 142 valence electrons. The molecule has 0 aliphatic rings. The summed E-state index contributed by atoms with van der Waals surface area (Å²) in [6.07, 6.45) is 5.97. The second-order valence-corrected chi connectivity index (χ2v) is 7.90. The second-order valence-electron chi connectivity index (χ2n) is 5.89. The smallest absolute Gasteiger partial charge is 0.292 e. The van der Waals surface area contributed by atoms with E-state index in [0.29, 0.717) is 11.3 Å². The molecule has 0 aromatic carbocycles.